The zero-order valence-corrected chi connectivity index (χ0v) is 15.0. The average molecular weight is 322 g/mol. The molecule has 1 N–H and O–H groups in total. The van der Waals surface area contributed by atoms with Gasteiger partial charge in [-0.15, -0.1) is 0 Å². The van der Waals surface area contributed by atoms with Crippen LogP contribution in [0, 0.1) is 0 Å². The molecule has 0 saturated carbocycles. The molecule has 0 spiro atoms. The first-order valence-corrected chi connectivity index (χ1v) is 6.97. The van der Waals surface area contributed by atoms with Crippen molar-refractivity contribution in [2.75, 3.05) is 6.61 Å². The van der Waals surface area contributed by atoms with E-state index < -0.39 is 5.97 Å². The standard InChI is InChI=1S/C17H14O5.Na.H/c1-2-7-21-11-4-6-14-13(9-11)16(18)12-5-3-10(17(19)20)8-15(12)22-14;;/h3-6,8-9H,2,7H2,1H3,(H,19,20);;/q;+1;-1. The van der Waals surface area contributed by atoms with Crippen LogP contribution < -0.4 is 39.7 Å². The third kappa shape index (κ3) is 3.42. The Morgan fingerprint density at radius 3 is 2.65 bits per heavy atom. The van der Waals surface area contributed by atoms with Crippen molar-refractivity contribution in [3.05, 3.63) is 52.2 Å². The van der Waals surface area contributed by atoms with Crippen molar-refractivity contribution in [1.82, 2.24) is 0 Å². The van der Waals surface area contributed by atoms with Crippen LogP contribution in [0.5, 0.6) is 5.75 Å². The molecule has 5 nitrogen and oxygen atoms in total. The van der Waals surface area contributed by atoms with Crippen molar-refractivity contribution in [1.29, 1.82) is 0 Å². The molecular weight excluding hydrogens is 307 g/mol. The quantitative estimate of drug-likeness (QED) is 0.561. The van der Waals surface area contributed by atoms with Crippen LogP contribution in [-0.2, 0) is 0 Å². The number of hydrogen-bond acceptors (Lipinski definition) is 4. The number of benzene rings is 2. The monoisotopic (exact) mass is 322 g/mol. The van der Waals surface area contributed by atoms with Gasteiger partial charge in [-0.3, -0.25) is 4.79 Å². The molecule has 0 aliphatic rings. The van der Waals surface area contributed by atoms with Gasteiger partial charge in [-0.1, -0.05) is 6.92 Å². The molecule has 0 aliphatic carbocycles. The molecular formula is C17H15NaO5. The summed E-state index contributed by atoms with van der Waals surface area (Å²) < 4.78 is 11.2. The largest absolute Gasteiger partial charge is 1.00 e. The van der Waals surface area contributed by atoms with Gasteiger partial charge in [0.1, 0.15) is 16.9 Å². The number of carbonyl (C=O) groups is 1. The van der Waals surface area contributed by atoms with Gasteiger partial charge in [0.05, 0.1) is 22.9 Å². The van der Waals surface area contributed by atoms with Crippen LogP contribution in [0.1, 0.15) is 25.1 Å². The van der Waals surface area contributed by atoms with Gasteiger partial charge in [0.2, 0.25) is 5.43 Å². The first kappa shape index (κ1) is 17.5. The van der Waals surface area contributed by atoms with Crippen molar-refractivity contribution in [2.45, 2.75) is 13.3 Å². The van der Waals surface area contributed by atoms with Gasteiger partial charge in [0.15, 0.2) is 0 Å². The molecule has 0 bridgehead atoms. The van der Waals surface area contributed by atoms with Crippen LogP contribution in [0.4, 0.5) is 0 Å². The molecule has 0 fully saturated rings. The number of fused-ring (bicyclic) bond motifs is 2. The van der Waals surface area contributed by atoms with Gasteiger partial charge in [0.25, 0.3) is 0 Å². The first-order chi connectivity index (χ1) is 10.6. The van der Waals surface area contributed by atoms with Crippen molar-refractivity contribution in [2.24, 2.45) is 0 Å². The minimum absolute atomic E-state index is 0. The Hall–Kier alpha value is -1.82. The molecule has 0 amide bonds. The first-order valence-electron chi connectivity index (χ1n) is 6.97. The van der Waals surface area contributed by atoms with E-state index in [0.29, 0.717) is 28.7 Å². The molecule has 0 atom stereocenters. The molecule has 6 heteroatoms. The molecule has 0 unspecified atom stereocenters. The number of rotatable bonds is 4. The fourth-order valence-electron chi connectivity index (χ4n) is 2.28. The zero-order valence-electron chi connectivity index (χ0n) is 14.0. The Labute approximate surface area is 155 Å². The van der Waals surface area contributed by atoms with Gasteiger partial charge in [0, 0.05) is 0 Å². The topological polar surface area (TPSA) is 76.7 Å². The Balaban J connectivity index is 0.00000144. The third-order valence-corrected chi connectivity index (χ3v) is 3.36. The van der Waals surface area contributed by atoms with Crippen LogP contribution in [-0.4, -0.2) is 17.7 Å². The van der Waals surface area contributed by atoms with Gasteiger partial charge in [-0.05, 0) is 42.8 Å². The summed E-state index contributed by atoms with van der Waals surface area (Å²) in [5.41, 5.74) is 0.552. The van der Waals surface area contributed by atoms with E-state index in [1.54, 1.807) is 18.2 Å². The van der Waals surface area contributed by atoms with Gasteiger partial charge in [-0.2, -0.15) is 0 Å². The van der Waals surface area contributed by atoms with Crippen LogP contribution in [0.2, 0.25) is 0 Å². The van der Waals surface area contributed by atoms with E-state index in [9.17, 15) is 9.59 Å². The second-order valence-electron chi connectivity index (χ2n) is 4.95. The fraction of sp³-hybridized carbons (Fsp3) is 0.176. The van der Waals surface area contributed by atoms with E-state index in [4.69, 9.17) is 14.3 Å². The molecule has 3 rings (SSSR count). The normalized spacial score (nSPS) is 10.5. The summed E-state index contributed by atoms with van der Waals surface area (Å²) >= 11 is 0. The van der Waals surface area contributed by atoms with Gasteiger partial charge >= 0.3 is 35.5 Å². The second-order valence-corrected chi connectivity index (χ2v) is 4.95. The van der Waals surface area contributed by atoms with Crippen LogP contribution in [0.25, 0.3) is 21.9 Å². The molecule has 0 aliphatic heterocycles. The molecule has 114 valence electrons. The summed E-state index contributed by atoms with van der Waals surface area (Å²) in [6.45, 7) is 2.58. The SMILES string of the molecule is CCCOc1ccc2oc3cc(C(=O)O)ccc3c(=O)c2c1.[H-].[Na+]. The second kappa shape index (κ2) is 7.17. The summed E-state index contributed by atoms with van der Waals surface area (Å²) in [7, 11) is 0. The van der Waals surface area contributed by atoms with E-state index in [2.05, 4.69) is 0 Å². The van der Waals surface area contributed by atoms with E-state index in [-0.39, 0.29) is 47.6 Å². The smallest absolute Gasteiger partial charge is 1.00 e. The number of ether oxygens (including phenoxy) is 1. The van der Waals surface area contributed by atoms with E-state index in [1.807, 2.05) is 6.92 Å². The molecule has 1 heterocycles. The van der Waals surface area contributed by atoms with Crippen LogP contribution in [0.15, 0.2) is 45.6 Å². The van der Waals surface area contributed by atoms with E-state index in [1.165, 1.54) is 18.2 Å². The molecule has 0 saturated heterocycles. The Morgan fingerprint density at radius 1 is 1.17 bits per heavy atom. The summed E-state index contributed by atoms with van der Waals surface area (Å²) in [6.07, 6.45) is 0.877. The minimum atomic E-state index is -1.06. The summed E-state index contributed by atoms with van der Waals surface area (Å²) in [5, 5.41) is 9.78. The summed E-state index contributed by atoms with van der Waals surface area (Å²) in [6, 6.07) is 9.28. The van der Waals surface area contributed by atoms with Crippen molar-refractivity contribution in [3.63, 3.8) is 0 Å². The number of carboxylic acid groups (broad SMARTS) is 1. The Kier molecular flexibility index (Phi) is 5.46. The fourth-order valence-corrected chi connectivity index (χ4v) is 2.28. The Bertz CT molecular complexity index is 935. The molecule has 23 heavy (non-hydrogen) atoms. The van der Waals surface area contributed by atoms with Crippen LogP contribution >= 0.6 is 0 Å². The number of aromatic carboxylic acids is 1. The molecule has 2 aromatic carbocycles. The predicted octanol–water partition coefficient (Wildman–Crippen LogP) is 0.550. The average Bonchev–Trinajstić information content (AvgIpc) is 2.52. The predicted molar refractivity (Wildman–Crippen MR) is 83.8 cm³/mol. The molecule has 0 radical (unpaired) electrons. The zero-order chi connectivity index (χ0) is 15.7. The summed E-state index contributed by atoms with van der Waals surface area (Å²) in [4.78, 5) is 23.5. The van der Waals surface area contributed by atoms with E-state index >= 15 is 0 Å². The van der Waals surface area contributed by atoms with Crippen molar-refractivity contribution in [3.8, 4) is 5.75 Å². The van der Waals surface area contributed by atoms with E-state index in [0.717, 1.165) is 6.42 Å². The van der Waals surface area contributed by atoms with Gasteiger partial charge in [-0.25, -0.2) is 4.79 Å². The third-order valence-electron chi connectivity index (χ3n) is 3.36. The summed E-state index contributed by atoms with van der Waals surface area (Å²) in [5.74, 6) is -0.448. The maximum atomic E-state index is 12.5. The van der Waals surface area contributed by atoms with Gasteiger partial charge < -0.3 is 15.7 Å². The maximum Gasteiger partial charge on any atom is 1.00 e. The maximum absolute atomic E-state index is 12.5. The van der Waals surface area contributed by atoms with Crippen molar-refractivity contribution < 1.29 is 50.0 Å². The van der Waals surface area contributed by atoms with Crippen molar-refractivity contribution >= 4 is 27.9 Å². The molecule has 1 aromatic heterocycles. The minimum Gasteiger partial charge on any atom is -1.00 e. The number of carboxylic acids is 1. The number of hydrogen-bond donors (Lipinski definition) is 1. The Morgan fingerprint density at radius 2 is 1.96 bits per heavy atom. The molecule has 3 aromatic rings. The van der Waals surface area contributed by atoms with Crippen LogP contribution in [0.3, 0.4) is 0 Å².